The first-order chi connectivity index (χ1) is 8.02. The number of rotatable bonds is 4. The molecule has 0 fully saturated rings. The van der Waals surface area contributed by atoms with Crippen LogP contribution in [0.25, 0.3) is 0 Å². The topological polar surface area (TPSA) is 52.9 Å². The maximum Gasteiger partial charge on any atom is 0.224 e. The SMILES string of the molecule is Cc1ccc(C)c(CC(=O)NCC(C)C#N)c1. The lowest BCUT2D eigenvalue weighted by atomic mass is 10.0. The van der Waals surface area contributed by atoms with Crippen LogP contribution in [-0.4, -0.2) is 12.5 Å². The van der Waals surface area contributed by atoms with Gasteiger partial charge >= 0.3 is 0 Å². The number of benzene rings is 1. The van der Waals surface area contributed by atoms with E-state index in [2.05, 4.69) is 11.4 Å². The van der Waals surface area contributed by atoms with E-state index in [0.717, 1.165) is 16.7 Å². The molecule has 1 aromatic carbocycles. The monoisotopic (exact) mass is 230 g/mol. The maximum absolute atomic E-state index is 11.7. The first kappa shape index (κ1) is 13.2. The van der Waals surface area contributed by atoms with E-state index < -0.39 is 0 Å². The van der Waals surface area contributed by atoms with Crippen LogP contribution in [0, 0.1) is 31.1 Å². The molecule has 0 aromatic heterocycles. The molecule has 1 N–H and O–H groups in total. The summed E-state index contributed by atoms with van der Waals surface area (Å²) in [4.78, 5) is 11.7. The van der Waals surface area contributed by atoms with Gasteiger partial charge in [0.1, 0.15) is 0 Å². The van der Waals surface area contributed by atoms with Crippen molar-refractivity contribution in [3.63, 3.8) is 0 Å². The van der Waals surface area contributed by atoms with Crippen molar-refractivity contribution in [2.75, 3.05) is 6.54 Å². The molecule has 1 amide bonds. The van der Waals surface area contributed by atoms with Gasteiger partial charge in [0.2, 0.25) is 5.91 Å². The zero-order chi connectivity index (χ0) is 12.8. The molecule has 0 saturated carbocycles. The third-order valence-electron chi connectivity index (χ3n) is 2.68. The van der Waals surface area contributed by atoms with Crippen molar-refractivity contribution in [3.8, 4) is 6.07 Å². The minimum atomic E-state index is -0.141. The average molecular weight is 230 g/mol. The molecule has 0 saturated heterocycles. The zero-order valence-corrected chi connectivity index (χ0v) is 10.6. The Balaban J connectivity index is 2.57. The largest absolute Gasteiger partial charge is 0.355 e. The van der Waals surface area contributed by atoms with Crippen LogP contribution in [0.3, 0.4) is 0 Å². The second-order valence-corrected chi connectivity index (χ2v) is 4.44. The molecule has 0 spiro atoms. The third-order valence-corrected chi connectivity index (χ3v) is 2.68. The second kappa shape index (κ2) is 6.05. The highest BCUT2D eigenvalue weighted by Crippen LogP contribution is 2.11. The normalized spacial score (nSPS) is 11.6. The van der Waals surface area contributed by atoms with Crippen molar-refractivity contribution in [1.82, 2.24) is 5.32 Å². The molecular weight excluding hydrogens is 212 g/mol. The lowest BCUT2D eigenvalue weighted by molar-refractivity contribution is -0.120. The van der Waals surface area contributed by atoms with Gasteiger partial charge in [-0.15, -0.1) is 0 Å². The van der Waals surface area contributed by atoms with E-state index in [1.54, 1.807) is 6.92 Å². The predicted molar refractivity (Wildman–Crippen MR) is 67.4 cm³/mol. The Labute approximate surface area is 102 Å². The molecular formula is C14H18N2O. The smallest absolute Gasteiger partial charge is 0.224 e. The fourth-order valence-corrected chi connectivity index (χ4v) is 1.54. The lowest BCUT2D eigenvalue weighted by Crippen LogP contribution is -2.29. The van der Waals surface area contributed by atoms with Gasteiger partial charge in [0.15, 0.2) is 0 Å². The summed E-state index contributed by atoms with van der Waals surface area (Å²) in [5, 5.41) is 11.4. The molecule has 0 aliphatic heterocycles. The van der Waals surface area contributed by atoms with Gasteiger partial charge in [0.05, 0.1) is 18.4 Å². The number of nitrogens with zero attached hydrogens (tertiary/aromatic N) is 1. The summed E-state index contributed by atoms with van der Waals surface area (Å²) in [5.74, 6) is -0.168. The maximum atomic E-state index is 11.7. The van der Waals surface area contributed by atoms with Crippen LogP contribution >= 0.6 is 0 Å². The van der Waals surface area contributed by atoms with Crippen molar-refractivity contribution in [3.05, 3.63) is 34.9 Å². The second-order valence-electron chi connectivity index (χ2n) is 4.44. The van der Waals surface area contributed by atoms with E-state index >= 15 is 0 Å². The Bertz CT molecular complexity index is 446. The molecule has 90 valence electrons. The number of carbonyl (C=O) groups is 1. The predicted octanol–water partition coefficient (Wildman–Crippen LogP) is 2.12. The van der Waals surface area contributed by atoms with Crippen molar-refractivity contribution >= 4 is 5.91 Å². The molecule has 1 aromatic rings. The molecule has 3 nitrogen and oxygen atoms in total. The van der Waals surface area contributed by atoms with Crippen LogP contribution in [0.15, 0.2) is 18.2 Å². The standard InChI is InChI=1S/C14H18N2O/c1-10-4-5-12(3)13(6-10)7-14(17)16-9-11(2)8-15/h4-6,11H,7,9H2,1-3H3,(H,16,17). The van der Waals surface area contributed by atoms with Gasteiger partial charge in [-0.3, -0.25) is 4.79 Å². The van der Waals surface area contributed by atoms with Crippen LogP contribution in [0.5, 0.6) is 0 Å². The molecule has 1 unspecified atom stereocenters. The quantitative estimate of drug-likeness (QED) is 0.861. The van der Waals surface area contributed by atoms with Gasteiger partial charge in [-0.1, -0.05) is 23.8 Å². The van der Waals surface area contributed by atoms with Crippen LogP contribution in [0.2, 0.25) is 0 Å². The van der Waals surface area contributed by atoms with E-state index in [-0.39, 0.29) is 11.8 Å². The summed E-state index contributed by atoms with van der Waals surface area (Å²) in [6.07, 6.45) is 0.381. The Morgan fingerprint density at radius 1 is 1.47 bits per heavy atom. The van der Waals surface area contributed by atoms with Gasteiger partial charge in [0, 0.05) is 6.54 Å². The van der Waals surface area contributed by atoms with Crippen LogP contribution in [0.1, 0.15) is 23.6 Å². The minimum absolute atomic E-state index is 0.0270. The van der Waals surface area contributed by atoms with Crippen molar-refractivity contribution in [2.24, 2.45) is 5.92 Å². The summed E-state index contributed by atoms with van der Waals surface area (Å²) < 4.78 is 0. The number of hydrogen-bond acceptors (Lipinski definition) is 2. The van der Waals surface area contributed by atoms with E-state index in [9.17, 15) is 4.79 Å². The number of nitriles is 1. The highest BCUT2D eigenvalue weighted by molar-refractivity contribution is 5.79. The minimum Gasteiger partial charge on any atom is -0.355 e. The molecule has 17 heavy (non-hydrogen) atoms. The van der Waals surface area contributed by atoms with Gasteiger partial charge in [-0.05, 0) is 31.9 Å². The van der Waals surface area contributed by atoms with Gasteiger partial charge in [-0.2, -0.15) is 5.26 Å². The summed E-state index contributed by atoms with van der Waals surface area (Å²) in [6, 6.07) is 8.18. The van der Waals surface area contributed by atoms with E-state index in [1.807, 2.05) is 32.0 Å². The number of amides is 1. The Kier molecular flexibility index (Phi) is 4.71. The molecule has 1 atom stereocenters. The van der Waals surface area contributed by atoms with E-state index in [4.69, 9.17) is 5.26 Å². The highest BCUT2D eigenvalue weighted by atomic mass is 16.1. The fourth-order valence-electron chi connectivity index (χ4n) is 1.54. The summed E-state index contributed by atoms with van der Waals surface area (Å²) >= 11 is 0. The molecule has 0 bridgehead atoms. The average Bonchev–Trinajstić information content (AvgIpc) is 2.30. The Hall–Kier alpha value is -1.82. The molecule has 0 radical (unpaired) electrons. The first-order valence-corrected chi connectivity index (χ1v) is 5.75. The van der Waals surface area contributed by atoms with Crippen molar-refractivity contribution < 1.29 is 4.79 Å². The van der Waals surface area contributed by atoms with Crippen LogP contribution < -0.4 is 5.32 Å². The third kappa shape index (κ3) is 4.28. The lowest BCUT2D eigenvalue weighted by Gasteiger charge is -2.09. The van der Waals surface area contributed by atoms with E-state index in [0.29, 0.717) is 13.0 Å². The number of hydrogen-bond donors (Lipinski definition) is 1. The number of nitrogens with one attached hydrogen (secondary N) is 1. The highest BCUT2D eigenvalue weighted by Gasteiger charge is 2.07. The summed E-state index contributed by atoms with van der Waals surface area (Å²) in [6.45, 7) is 6.22. The van der Waals surface area contributed by atoms with Crippen LogP contribution in [0.4, 0.5) is 0 Å². The molecule has 0 heterocycles. The van der Waals surface area contributed by atoms with Gasteiger partial charge < -0.3 is 5.32 Å². The fraction of sp³-hybridized carbons (Fsp3) is 0.429. The van der Waals surface area contributed by atoms with Crippen molar-refractivity contribution in [2.45, 2.75) is 27.2 Å². The Morgan fingerprint density at radius 3 is 2.82 bits per heavy atom. The van der Waals surface area contributed by atoms with Gasteiger partial charge in [0.25, 0.3) is 0 Å². The van der Waals surface area contributed by atoms with E-state index in [1.165, 1.54) is 0 Å². The number of aryl methyl sites for hydroxylation is 2. The first-order valence-electron chi connectivity index (χ1n) is 5.75. The molecule has 0 aliphatic carbocycles. The zero-order valence-electron chi connectivity index (χ0n) is 10.6. The molecule has 0 aliphatic rings. The summed E-state index contributed by atoms with van der Waals surface area (Å²) in [7, 11) is 0. The van der Waals surface area contributed by atoms with Crippen molar-refractivity contribution in [1.29, 1.82) is 5.26 Å². The van der Waals surface area contributed by atoms with Crippen LogP contribution in [-0.2, 0) is 11.2 Å². The number of carbonyl (C=O) groups excluding carboxylic acids is 1. The summed E-state index contributed by atoms with van der Waals surface area (Å²) in [5.41, 5.74) is 3.33. The molecule has 1 rings (SSSR count). The Morgan fingerprint density at radius 2 is 2.18 bits per heavy atom. The molecule has 3 heteroatoms. The van der Waals surface area contributed by atoms with Gasteiger partial charge in [-0.25, -0.2) is 0 Å².